The second-order valence-electron chi connectivity index (χ2n) is 6.37. The summed E-state index contributed by atoms with van der Waals surface area (Å²) in [5, 5.41) is 7.42. The molecule has 2 heterocycles. The van der Waals surface area contributed by atoms with E-state index in [1.807, 2.05) is 65.6 Å². The number of amides is 1. The van der Waals surface area contributed by atoms with Crippen LogP contribution in [0.3, 0.4) is 0 Å². The summed E-state index contributed by atoms with van der Waals surface area (Å²) in [4.78, 5) is 19.3. The maximum Gasteiger partial charge on any atom is 0.253 e. The van der Waals surface area contributed by atoms with Gasteiger partial charge in [0.25, 0.3) is 5.91 Å². The maximum absolute atomic E-state index is 12.7. The van der Waals surface area contributed by atoms with Crippen LogP contribution >= 0.6 is 0 Å². The Balaban J connectivity index is 1.50. The SMILES string of the molecule is O=C(c1ccccc1)N1CCCC(c2nc(-c3ccccc3)n[nH]2)C1. The van der Waals surface area contributed by atoms with Gasteiger partial charge in [0, 0.05) is 30.1 Å². The van der Waals surface area contributed by atoms with E-state index in [4.69, 9.17) is 0 Å². The van der Waals surface area contributed by atoms with E-state index in [0.29, 0.717) is 12.4 Å². The Bertz CT molecular complexity index is 844. The Labute approximate surface area is 146 Å². The molecular formula is C20H20N4O. The van der Waals surface area contributed by atoms with Crippen LogP contribution in [0.1, 0.15) is 34.9 Å². The molecule has 1 aromatic heterocycles. The van der Waals surface area contributed by atoms with E-state index >= 15 is 0 Å². The third kappa shape index (κ3) is 3.31. The van der Waals surface area contributed by atoms with Gasteiger partial charge in [-0.2, -0.15) is 5.10 Å². The number of carbonyl (C=O) groups excluding carboxylic acids is 1. The molecule has 0 aliphatic carbocycles. The van der Waals surface area contributed by atoms with E-state index in [2.05, 4.69) is 15.2 Å². The van der Waals surface area contributed by atoms with E-state index in [-0.39, 0.29) is 11.8 Å². The van der Waals surface area contributed by atoms with E-state index in [1.165, 1.54) is 0 Å². The molecule has 25 heavy (non-hydrogen) atoms. The van der Waals surface area contributed by atoms with Crippen LogP contribution in [0.15, 0.2) is 60.7 Å². The molecule has 1 aliphatic rings. The van der Waals surface area contributed by atoms with E-state index in [9.17, 15) is 4.79 Å². The summed E-state index contributed by atoms with van der Waals surface area (Å²) in [7, 11) is 0. The van der Waals surface area contributed by atoms with Gasteiger partial charge in [-0.3, -0.25) is 9.89 Å². The van der Waals surface area contributed by atoms with Gasteiger partial charge in [0.2, 0.25) is 0 Å². The lowest BCUT2D eigenvalue weighted by Crippen LogP contribution is -2.39. The van der Waals surface area contributed by atoms with Crippen molar-refractivity contribution < 1.29 is 4.79 Å². The van der Waals surface area contributed by atoms with Gasteiger partial charge in [-0.25, -0.2) is 4.98 Å². The van der Waals surface area contributed by atoms with Gasteiger partial charge in [-0.1, -0.05) is 48.5 Å². The number of hydrogen-bond acceptors (Lipinski definition) is 3. The molecule has 0 radical (unpaired) electrons. The van der Waals surface area contributed by atoms with Crippen LogP contribution in [-0.4, -0.2) is 39.1 Å². The molecular weight excluding hydrogens is 312 g/mol. The summed E-state index contributed by atoms with van der Waals surface area (Å²) in [6.07, 6.45) is 1.99. The first-order valence-electron chi connectivity index (χ1n) is 8.63. The van der Waals surface area contributed by atoms with Gasteiger partial charge in [0.1, 0.15) is 5.82 Å². The molecule has 1 aliphatic heterocycles. The average Bonchev–Trinajstić information content (AvgIpc) is 3.19. The highest BCUT2D eigenvalue weighted by Crippen LogP contribution is 2.27. The first-order chi connectivity index (χ1) is 12.3. The van der Waals surface area contributed by atoms with Gasteiger partial charge in [-0.05, 0) is 25.0 Å². The molecule has 126 valence electrons. The van der Waals surface area contributed by atoms with Gasteiger partial charge in [-0.15, -0.1) is 0 Å². The van der Waals surface area contributed by atoms with Crippen LogP contribution in [0.2, 0.25) is 0 Å². The van der Waals surface area contributed by atoms with Crippen molar-refractivity contribution in [3.8, 4) is 11.4 Å². The Morgan fingerprint density at radius 1 is 1.04 bits per heavy atom. The van der Waals surface area contributed by atoms with Gasteiger partial charge < -0.3 is 4.90 Å². The Kier molecular flexibility index (Phi) is 4.29. The number of benzene rings is 2. The van der Waals surface area contributed by atoms with Crippen molar-refractivity contribution in [2.45, 2.75) is 18.8 Å². The van der Waals surface area contributed by atoms with Crippen molar-refractivity contribution in [3.05, 3.63) is 72.1 Å². The minimum atomic E-state index is 0.0908. The highest BCUT2D eigenvalue weighted by Gasteiger charge is 2.27. The molecule has 0 spiro atoms. The molecule has 1 fully saturated rings. The first-order valence-corrected chi connectivity index (χ1v) is 8.63. The van der Waals surface area contributed by atoms with E-state index in [0.717, 1.165) is 36.3 Å². The van der Waals surface area contributed by atoms with Crippen LogP contribution in [-0.2, 0) is 0 Å². The number of rotatable bonds is 3. The van der Waals surface area contributed by atoms with Crippen LogP contribution in [0.5, 0.6) is 0 Å². The lowest BCUT2D eigenvalue weighted by atomic mass is 9.96. The molecule has 1 N–H and O–H groups in total. The Hall–Kier alpha value is -2.95. The highest BCUT2D eigenvalue weighted by atomic mass is 16.2. The zero-order valence-corrected chi connectivity index (χ0v) is 13.9. The number of nitrogens with zero attached hydrogens (tertiary/aromatic N) is 3. The predicted octanol–water partition coefficient (Wildman–Crippen LogP) is 3.49. The molecule has 1 unspecified atom stereocenters. The lowest BCUT2D eigenvalue weighted by molar-refractivity contribution is 0.0704. The summed E-state index contributed by atoms with van der Waals surface area (Å²) >= 11 is 0. The Morgan fingerprint density at radius 3 is 2.52 bits per heavy atom. The van der Waals surface area contributed by atoms with Crippen LogP contribution in [0.25, 0.3) is 11.4 Å². The van der Waals surface area contributed by atoms with E-state index in [1.54, 1.807) is 0 Å². The van der Waals surface area contributed by atoms with E-state index < -0.39 is 0 Å². The Morgan fingerprint density at radius 2 is 1.76 bits per heavy atom. The second kappa shape index (κ2) is 6.89. The van der Waals surface area contributed by atoms with Gasteiger partial charge in [0.15, 0.2) is 5.82 Å². The normalized spacial score (nSPS) is 17.4. The number of carbonyl (C=O) groups is 1. The monoisotopic (exact) mass is 332 g/mol. The van der Waals surface area contributed by atoms with Crippen LogP contribution in [0, 0.1) is 0 Å². The molecule has 5 heteroatoms. The van der Waals surface area contributed by atoms with Crippen molar-refractivity contribution in [3.63, 3.8) is 0 Å². The quantitative estimate of drug-likeness (QED) is 0.798. The number of piperidine rings is 1. The fraction of sp³-hybridized carbons (Fsp3) is 0.250. The first kappa shape index (κ1) is 15.6. The molecule has 2 aromatic carbocycles. The molecule has 5 nitrogen and oxygen atoms in total. The lowest BCUT2D eigenvalue weighted by Gasteiger charge is -2.31. The second-order valence-corrected chi connectivity index (χ2v) is 6.37. The number of H-pyrrole nitrogens is 1. The summed E-state index contributed by atoms with van der Waals surface area (Å²) < 4.78 is 0. The van der Waals surface area contributed by atoms with Crippen molar-refractivity contribution in [2.75, 3.05) is 13.1 Å². The van der Waals surface area contributed by atoms with Crippen molar-refractivity contribution in [2.24, 2.45) is 0 Å². The molecule has 0 bridgehead atoms. The topological polar surface area (TPSA) is 61.9 Å². The third-order valence-electron chi connectivity index (χ3n) is 4.65. The average molecular weight is 332 g/mol. The van der Waals surface area contributed by atoms with Crippen molar-refractivity contribution in [1.82, 2.24) is 20.1 Å². The summed E-state index contributed by atoms with van der Waals surface area (Å²) in [6.45, 7) is 1.47. The zero-order valence-electron chi connectivity index (χ0n) is 13.9. The smallest absolute Gasteiger partial charge is 0.253 e. The minimum Gasteiger partial charge on any atom is -0.338 e. The molecule has 1 saturated heterocycles. The van der Waals surface area contributed by atoms with Gasteiger partial charge in [0.05, 0.1) is 0 Å². The fourth-order valence-corrected chi connectivity index (χ4v) is 3.32. The standard InChI is InChI=1S/C20H20N4O/c25-20(16-10-5-2-6-11-16)24-13-7-12-17(14-24)19-21-18(22-23-19)15-8-3-1-4-9-15/h1-6,8-11,17H,7,12-14H2,(H,21,22,23). The summed E-state index contributed by atoms with van der Waals surface area (Å²) in [5.74, 6) is 1.87. The molecule has 3 aromatic rings. The zero-order chi connectivity index (χ0) is 17.1. The number of likely N-dealkylation sites (tertiary alicyclic amines) is 1. The predicted molar refractivity (Wildman–Crippen MR) is 96.1 cm³/mol. The van der Waals surface area contributed by atoms with Gasteiger partial charge >= 0.3 is 0 Å². The summed E-state index contributed by atoms with van der Waals surface area (Å²) in [6, 6.07) is 19.4. The molecule has 1 amide bonds. The fourth-order valence-electron chi connectivity index (χ4n) is 3.32. The largest absolute Gasteiger partial charge is 0.338 e. The van der Waals surface area contributed by atoms with Crippen LogP contribution < -0.4 is 0 Å². The number of aromatic amines is 1. The van der Waals surface area contributed by atoms with Crippen LogP contribution in [0.4, 0.5) is 0 Å². The number of aromatic nitrogens is 3. The minimum absolute atomic E-state index is 0.0908. The molecule has 0 saturated carbocycles. The number of nitrogens with one attached hydrogen (secondary N) is 1. The van der Waals surface area contributed by atoms with Crippen molar-refractivity contribution >= 4 is 5.91 Å². The highest BCUT2D eigenvalue weighted by molar-refractivity contribution is 5.94. The maximum atomic E-state index is 12.7. The molecule has 1 atom stereocenters. The summed E-state index contributed by atoms with van der Waals surface area (Å²) in [5.41, 5.74) is 1.74. The number of hydrogen-bond donors (Lipinski definition) is 1. The molecule has 4 rings (SSSR count). The van der Waals surface area contributed by atoms with Crippen molar-refractivity contribution in [1.29, 1.82) is 0 Å². The third-order valence-corrected chi connectivity index (χ3v) is 4.65.